The van der Waals surface area contributed by atoms with Gasteiger partial charge in [-0.25, -0.2) is 0 Å². The third-order valence-electron chi connectivity index (χ3n) is 2.76. The normalized spacial score (nSPS) is 12.4. The molecule has 100 valence electrons. The van der Waals surface area contributed by atoms with Crippen molar-refractivity contribution in [1.82, 2.24) is 10.6 Å². The number of phenolic OH excluding ortho intramolecular Hbond substituents is 1. The Kier molecular flexibility index (Phi) is 5.65. The Labute approximate surface area is 108 Å². The van der Waals surface area contributed by atoms with Gasteiger partial charge in [-0.3, -0.25) is 4.79 Å². The Morgan fingerprint density at radius 3 is 2.39 bits per heavy atom. The molecule has 1 aromatic rings. The zero-order valence-corrected chi connectivity index (χ0v) is 11.2. The van der Waals surface area contributed by atoms with E-state index in [-0.39, 0.29) is 17.7 Å². The summed E-state index contributed by atoms with van der Waals surface area (Å²) in [6.07, 6.45) is 0.803. The monoisotopic (exact) mass is 250 g/mol. The minimum atomic E-state index is -0.177. The molecule has 0 saturated carbocycles. The van der Waals surface area contributed by atoms with E-state index in [1.165, 1.54) is 0 Å². The summed E-state index contributed by atoms with van der Waals surface area (Å²) in [5.41, 5.74) is 1.05. The van der Waals surface area contributed by atoms with Gasteiger partial charge in [-0.2, -0.15) is 0 Å². The number of likely N-dealkylation sites (N-methyl/N-ethyl adjacent to an activating group) is 1. The van der Waals surface area contributed by atoms with Crippen LogP contribution in [0.4, 0.5) is 0 Å². The molecule has 0 aliphatic rings. The number of rotatable bonds is 6. The van der Waals surface area contributed by atoms with Crippen LogP contribution in [0.15, 0.2) is 24.3 Å². The SMILES string of the molecule is CNC(=O)C(CC(C)C)NCc1ccc(O)cc1. The number of carbonyl (C=O) groups excluding carboxylic acids is 1. The van der Waals surface area contributed by atoms with E-state index in [1.807, 2.05) is 12.1 Å². The van der Waals surface area contributed by atoms with Crippen LogP contribution in [0.3, 0.4) is 0 Å². The lowest BCUT2D eigenvalue weighted by Crippen LogP contribution is -2.43. The average Bonchev–Trinajstić information content (AvgIpc) is 2.35. The van der Waals surface area contributed by atoms with E-state index in [0.717, 1.165) is 12.0 Å². The summed E-state index contributed by atoms with van der Waals surface area (Å²) >= 11 is 0. The lowest BCUT2D eigenvalue weighted by atomic mass is 10.0. The zero-order chi connectivity index (χ0) is 13.5. The van der Waals surface area contributed by atoms with Crippen LogP contribution in [0.25, 0.3) is 0 Å². The number of carbonyl (C=O) groups is 1. The highest BCUT2D eigenvalue weighted by molar-refractivity contribution is 5.81. The summed E-state index contributed by atoms with van der Waals surface area (Å²) in [5, 5.41) is 15.1. The summed E-state index contributed by atoms with van der Waals surface area (Å²) in [6.45, 7) is 4.81. The quantitative estimate of drug-likeness (QED) is 0.719. The summed E-state index contributed by atoms with van der Waals surface area (Å²) in [4.78, 5) is 11.7. The van der Waals surface area contributed by atoms with Crippen LogP contribution < -0.4 is 10.6 Å². The third kappa shape index (κ3) is 4.75. The van der Waals surface area contributed by atoms with Gasteiger partial charge < -0.3 is 15.7 Å². The van der Waals surface area contributed by atoms with Crippen molar-refractivity contribution in [3.63, 3.8) is 0 Å². The standard InChI is InChI=1S/C14H22N2O2/c1-10(2)8-13(14(18)15-3)16-9-11-4-6-12(17)7-5-11/h4-7,10,13,16-17H,8-9H2,1-3H3,(H,15,18). The zero-order valence-electron chi connectivity index (χ0n) is 11.2. The molecular weight excluding hydrogens is 228 g/mol. The predicted octanol–water partition coefficient (Wildman–Crippen LogP) is 1.64. The Morgan fingerprint density at radius 1 is 1.28 bits per heavy atom. The molecule has 0 aliphatic heterocycles. The summed E-state index contributed by atoms with van der Waals surface area (Å²) in [6, 6.07) is 6.81. The van der Waals surface area contributed by atoms with E-state index in [1.54, 1.807) is 19.2 Å². The van der Waals surface area contributed by atoms with Crippen LogP contribution in [0.1, 0.15) is 25.8 Å². The highest BCUT2D eigenvalue weighted by atomic mass is 16.3. The van der Waals surface area contributed by atoms with Crippen LogP contribution in [0, 0.1) is 5.92 Å². The highest BCUT2D eigenvalue weighted by Gasteiger charge is 2.17. The Balaban J connectivity index is 2.55. The Morgan fingerprint density at radius 2 is 1.89 bits per heavy atom. The molecule has 3 N–H and O–H groups in total. The Bertz CT molecular complexity index is 374. The second-order valence-corrected chi connectivity index (χ2v) is 4.84. The van der Waals surface area contributed by atoms with Crippen molar-refractivity contribution in [3.05, 3.63) is 29.8 Å². The molecule has 1 unspecified atom stereocenters. The predicted molar refractivity (Wildman–Crippen MR) is 72.3 cm³/mol. The van der Waals surface area contributed by atoms with Gasteiger partial charge in [-0.1, -0.05) is 26.0 Å². The number of aromatic hydroxyl groups is 1. The number of benzene rings is 1. The van der Waals surface area contributed by atoms with Crippen LogP contribution >= 0.6 is 0 Å². The average molecular weight is 250 g/mol. The van der Waals surface area contributed by atoms with Gasteiger partial charge >= 0.3 is 0 Å². The first kappa shape index (κ1) is 14.5. The molecular formula is C14H22N2O2. The van der Waals surface area contributed by atoms with Crippen molar-refractivity contribution in [2.75, 3.05) is 7.05 Å². The maximum atomic E-state index is 11.7. The Hall–Kier alpha value is -1.55. The molecule has 0 radical (unpaired) electrons. The summed E-state index contributed by atoms with van der Waals surface area (Å²) < 4.78 is 0. The van der Waals surface area contributed by atoms with Gasteiger partial charge in [0.2, 0.25) is 5.91 Å². The topological polar surface area (TPSA) is 61.4 Å². The lowest BCUT2D eigenvalue weighted by Gasteiger charge is -2.19. The molecule has 0 aliphatic carbocycles. The van der Waals surface area contributed by atoms with E-state index in [0.29, 0.717) is 12.5 Å². The van der Waals surface area contributed by atoms with Gasteiger partial charge in [0.1, 0.15) is 5.75 Å². The largest absolute Gasteiger partial charge is 0.508 e. The molecule has 4 heteroatoms. The van der Waals surface area contributed by atoms with Crippen molar-refractivity contribution in [1.29, 1.82) is 0 Å². The van der Waals surface area contributed by atoms with Crippen LogP contribution in [0.2, 0.25) is 0 Å². The first-order valence-corrected chi connectivity index (χ1v) is 6.25. The number of phenols is 1. The molecule has 0 aromatic heterocycles. The van der Waals surface area contributed by atoms with Crippen LogP contribution in [-0.2, 0) is 11.3 Å². The summed E-state index contributed by atoms with van der Waals surface area (Å²) in [7, 11) is 1.65. The van der Waals surface area contributed by atoms with E-state index in [2.05, 4.69) is 24.5 Å². The highest BCUT2D eigenvalue weighted by Crippen LogP contribution is 2.10. The maximum absolute atomic E-state index is 11.7. The minimum Gasteiger partial charge on any atom is -0.508 e. The smallest absolute Gasteiger partial charge is 0.236 e. The second-order valence-electron chi connectivity index (χ2n) is 4.84. The minimum absolute atomic E-state index is 0.0162. The van der Waals surface area contributed by atoms with Gasteiger partial charge in [0.25, 0.3) is 0 Å². The molecule has 1 atom stereocenters. The van der Waals surface area contributed by atoms with E-state index in [9.17, 15) is 9.90 Å². The van der Waals surface area contributed by atoms with Gasteiger partial charge in [-0.15, -0.1) is 0 Å². The fourth-order valence-electron chi connectivity index (χ4n) is 1.78. The van der Waals surface area contributed by atoms with E-state index >= 15 is 0 Å². The number of hydrogen-bond donors (Lipinski definition) is 3. The third-order valence-corrected chi connectivity index (χ3v) is 2.76. The summed E-state index contributed by atoms with van der Waals surface area (Å²) in [5.74, 6) is 0.728. The number of amides is 1. The first-order valence-electron chi connectivity index (χ1n) is 6.25. The molecule has 1 amide bonds. The van der Waals surface area contributed by atoms with Gasteiger partial charge in [0.15, 0.2) is 0 Å². The second kappa shape index (κ2) is 7.01. The fourth-order valence-corrected chi connectivity index (χ4v) is 1.78. The van der Waals surface area contributed by atoms with Gasteiger partial charge in [0, 0.05) is 13.6 Å². The molecule has 0 fully saturated rings. The van der Waals surface area contributed by atoms with Crippen molar-refractivity contribution in [2.45, 2.75) is 32.9 Å². The lowest BCUT2D eigenvalue weighted by molar-refractivity contribution is -0.123. The fraction of sp³-hybridized carbons (Fsp3) is 0.500. The molecule has 0 bridgehead atoms. The molecule has 0 saturated heterocycles. The van der Waals surface area contributed by atoms with Crippen LogP contribution in [-0.4, -0.2) is 24.1 Å². The molecule has 18 heavy (non-hydrogen) atoms. The van der Waals surface area contributed by atoms with Gasteiger partial charge in [-0.05, 0) is 30.0 Å². The first-order chi connectivity index (χ1) is 8.52. The molecule has 1 rings (SSSR count). The number of hydrogen-bond acceptors (Lipinski definition) is 3. The van der Waals surface area contributed by atoms with Crippen molar-refractivity contribution >= 4 is 5.91 Å². The molecule has 0 spiro atoms. The van der Waals surface area contributed by atoms with Crippen molar-refractivity contribution in [2.24, 2.45) is 5.92 Å². The molecule has 0 heterocycles. The molecule has 1 aromatic carbocycles. The van der Waals surface area contributed by atoms with Crippen molar-refractivity contribution < 1.29 is 9.90 Å². The van der Waals surface area contributed by atoms with E-state index in [4.69, 9.17) is 0 Å². The number of nitrogens with one attached hydrogen (secondary N) is 2. The van der Waals surface area contributed by atoms with E-state index < -0.39 is 0 Å². The molecule has 4 nitrogen and oxygen atoms in total. The van der Waals surface area contributed by atoms with Crippen molar-refractivity contribution in [3.8, 4) is 5.75 Å². The van der Waals surface area contributed by atoms with Crippen LogP contribution in [0.5, 0.6) is 5.75 Å². The maximum Gasteiger partial charge on any atom is 0.236 e. The van der Waals surface area contributed by atoms with Gasteiger partial charge in [0.05, 0.1) is 6.04 Å².